The van der Waals surface area contributed by atoms with E-state index in [1.54, 1.807) is 0 Å². The molecule has 1 amide bonds. The lowest BCUT2D eigenvalue weighted by Gasteiger charge is -2.30. The van der Waals surface area contributed by atoms with Gasteiger partial charge in [0.2, 0.25) is 5.91 Å². The number of nitrogens with one attached hydrogen (secondary N) is 2. The smallest absolute Gasteiger partial charge is 0.234 e. The lowest BCUT2D eigenvalue weighted by molar-refractivity contribution is -0.121. The average molecular weight is 244 g/mol. The standard InChI is InChI=1S/C13H28N2O2/c1-5-8-11(4)15-12(17)9-14-13(6-2,7-3)10-16/h11,14,16H,5-10H2,1-4H3,(H,15,17). The maximum absolute atomic E-state index is 11.7. The molecule has 0 aromatic heterocycles. The van der Waals surface area contributed by atoms with Gasteiger partial charge in [0.1, 0.15) is 0 Å². The van der Waals surface area contributed by atoms with E-state index in [0.717, 1.165) is 25.7 Å². The van der Waals surface area contributed by atoms with Gasteiger partial charge in [-0.3, -0.25) is 4.79 Å². The van der Waals surface area contributed by atoms with Gasteiger partial charge in [-0.15, -0.1) is 0 Å². The summed E-state index contributed by atoms with van der Waals surface area (Å²) in [5.41, 5.74) is -0.314. The molecule has 0 aliphatic carbocycles. The van der Waals surface area contributed by atoms with Gasteiger partial charge in [-0.2, -0.15) is 0 Å². The maximum atomic E-state index is 11.7. The molecule has 1 atom stereocenters. The summed E-state index contributed by atoms with van der Waals surface area (Å²) in [6.07, 6.45) is 3.70. The lowest BCUT2D eigenvalue weighted by Crippen LogP contribution is -2.52. The predicted molar refractivity (Wildman–Crippen MR) is 70.9 cm³/mol. The van der Waals surface area contributed by atoms with Gasteiger partial charge in [0, 0.05) is 11.6 Å². The molecule has 0 fully saturated rings. The van der Waals surface area contributed by atoms with Crippen molar-refractivity contribution in [2.45, 2.75) is 65.0 Å². The Morgan fingerprint density at radius 3 is 2.29 bits per heavy atom. The highest BCUT2D eigenvalue weighted by molar-refractivity contribution is 5.78. The molecule has 1 unspecified atom stereocenters. The summed E-state index contributed by atoms with van der Waals surface area (Å²) in [5.74, 6) is 0.00525. The highest BCUT2D eigenvalue weighted by Gasteiger charge is 2.25. The van der Waals surface area contributed by atoms with Crippen molar-refractivity contribution in [3.05, 3.63) is 0 Å². The van der Waals surface area contributed by atoms with E-state index in [9.17, 15) is 9.90 Å². The monoisotopic (exact) mass is 244 g/mol. The minimum Gasteiger partial charge on any atom is -0.394 e. The normalized spacial score (nSPS) is 13.5. The van der Waals surface area contributed by atoms with Gasteiger partial charge in [0.25, 0.3) is 0 Å². The van der Waals surface area contributed by atoms with Crippen LogP contribution in [0.25, 0.3) is 0 Å². The molecule has 0 heterocycles. The molecule has 0 aromatic rings. The molecule has 102 valence electrons. The third-order valence-corrected chi connectivity index (χ3v) is 3.41. The highest BCUT2D eigenvalue weighted by Crippen LogP contribution is 2.13. The topological polar surface area (TPSA) is 61.4 Å². The first kappa shape index (κ1) is 16.4. The van der Waals surface area contributed by atoms with Crippen molar-refractivity contribution in [2.24, 2.45) is 0 Å². The number of hydrogen-bond donors (Lipinski definition) is 3. The number of hydrogen-bond acceptors (Lipinski definition) is 3. The SMILES string of the molecule is CCCC(C)NC(=O)CNC(CC)(CC)CO. The van der Waals surface area contributed by atoms with Crippen LogP contribution in [0.15, 0.2) is 0 Å². The van der Waals surface area contributed by atoms with Crippen LogP contribution < -0.4 is 10.6 Å². The van der Waals surface area contributed by atoms with Gasteiger partial charge in [0.15, 0.2) is 0 Å². The van der Waals surface area contributed by atoms with E-state index in [1.807, 2.05) is 20.8 Å². The van der Waals surface area contributed by atoms with E-state index >= 15 is 0 Å². The molecule has 0 saturated heterocycles. The number of aliphatic hydroxyl groups excluding tert-OH is 1. The van der Waals surface area contributed by atoms with Crippen molar-refractivity contribution in [1.29, 1.82) is 0 Å². The van der Waals surface area contributed by atoms with Crippen molar-refractivity contribution in [2.75, 3.05) is 13.2 Å². The molecule has 0 aromatic carbocycles. The number of amides is 1. The predicted octanol–water partition coefficient (Wildman–Crippen LogP) is 1.43. The Labute approximate surface area is 105 Å². The van der Waals surface area contributed by atoms with Gasteiger partial charge < -0.3 is 15.7 Å². The minimum absolute atomic E-state index is 0.00525. The Morgan fingerprint density at radius 2 is 1.88 bits per heavy atom. The van der Waals surface area contributed by atoms with Gasteiger partial charge in [-0.1, -0.05) is 27.2 Å². The Hall–Kier alpha value is -0.610. The number of carbonyl (C=O) groups is 1. The summed E-state index contributed by atoms with van der Waals surface area (Å²) in [6.45, 7) is 8.49. The van der Waals surface area contributed by atoms with Crippen molar-refractivity contribution < 1.29 is 9.90 Å². The molecule has 0 spiro atoms. The van der Waals surface area contributed by atoms with Gasteiger partial charge >= 0.3 is 0 Å². The maximum Gasteiger partial charge on any atom is 0.234 e. The van der Waals surface area contributed by atoms with Crippen LogP contribution in [0.5, 0.6) is 0 Å². The molecule has 4 nitrogen and oxygen atoms in total. The van der Waals surface area contributed by atoms with Crippen LogP contribution in [0, 0.1) is 0 Å². The Kier molecular flexibility index (Phi) is 8.17. The minimum atomic E-state index is -0.314. The zero-order chi connectivity index (χ0) is 13.3. The molecule has 0 rings (SSSR count). The second-order valence-electron chi connectivity index (χ2n) is 4.76. The molecule has 0 aliphatic rings. The summed E-state index contributed by atoms with van der Waals surface area (Å²) in [4.78, 5) is 11.7. The van der Waals surface area contributed by atoms with Crippen molar-refractivity contribution in [3.8, 4) is 0 Å². The quantitative estimate of drug-likeness (QED) is 0.575. The van der Waals surface area contributed by atoms with E-state index in [0.29, 0.717) is 0 Å². The largest absolute Gasteiger partial charge is 0.394 e. The van der Waals surface area contributed by atoms with Crippen molar-refractivity contribution in [3.63, 3.8) is 0 Å². The molecule has 0 aliphatic heterocycles. The first-order valence-electron chi connectivity index (χ1n) is 6.68. The fourth-order valence-electron chi connectivity index (χ4n) is 1.88. The zero-order valence-electron chi connectivity index (χ0n) is 11.7. The van der Waals surface area contributed by atoms with Crippen LogP contribution in [-0.2, 0) is 4.79 Å². The van der Waals surface area contributed by atoms with E-state index in [1.165, 1.54) is 0 Å². The number of aliphatic hydroxyl groups is 1. The van der Waals surface area contributed by atoms with E-state index < -0.39 is 0 Å². The molecule has 0 bridgehead atoms. The highest BCUT2D eigenvalue weighted by atomic mass is 16.3. The van der Waals surface area contributed by atoms with E-state index in [2.05, 4.69) is 17.6 Å². The van der Waals surface area contributed by atoms with E-state index in [-0.39, 0.29) is 30.6 Å². The van der Waals surface area contributed by atoms with Crippen molar-refractivity contribution >= 4 is 5.91 Å². The molecule has 4 heteroatoms. The van der Waals surface area contributed by atoms with Crippen LogP contribution in [0.2, 0.25) is 0 Å². The first-order valence-corrected chi connectivity index (χ1v) is 6.68. The molecular formula is C13H28N2O2. The molecule has 3 N–H and O–H groups in total. The second kappa shape index (κ2) is 8.48. The van der Waals surface area contributed by atoms with Crippen molar-refractivity contribution in [1.82, 2.24) is 10.6 Å². The van der Waals surface area contributed by atoms with Crippen LogP contribution in [0.3, 0.4) is 0 Å². The average Bonchev–Trinajstić information content (AvgIpc) is 2.32. The molecule has 17 heavy (non-hydrogen) atoms. The lowest BCUT2D eigenvalue weighted by atomic mass is 9.94. The Morgan fingerprint density at radius 1 is 1.29 bits per heavy atom. The third-order valence-electron chi connectivity index (χ3n) is 3.41. The summed E-state index contributed by atoms with van der Waals surface area (Å²) < 4.78 is 0. The van der Waals surface area contributed by atoms with Gasteiger partial charge in [0.05, 0.1) is 13.2 Å². The van der Waals surface area contributed by atoms with Crippen LogP contribution >= 0.6 is 0 Å². The summed E-state index contributed by atoms with van der Waals surface area (Å²) in [7, 11) is 0. The first-order chi connectivity index (χ1) is 8.03. The summed E-state index contributed by atoms with van der Waals surface area (Å²) in [5, 5.41) is 15.5. The summed E-state index contributed by atoms with van der Waals surface area (Å²) in [6, 6.07) is 0.223. The molecular weight excluding hydrogens is 216 g/mol. The Balaban J connectivity index is 4.04. The van der Waals surface area contributed by atoms with Gasteiger partial charge in [-0.05, 0) is 26.2 Å². The molecule has 0 radical (unpaired) electrons. The summed E-state index contributed by atoms with van der Waals surface area (Å²) >= 11 is 0. The zero-order valence-corrected chi connectivity index (χ0v) is 11.7. The third kappa shape index (κ3) is 6.03. The fourth-order valence-corrected chi connectivity index (χ4v) is 1.88. The molecule has 0 saturated carbocycles. The fraction of sp³-hybridized carbons (Fsp3) is 0.923. The number of rotatable bonds is 9. The van der Waals surface area contributed by atoms with Crippen LogP contribution in [0.4, 0.5) is 0 Å². The Bertz CT molecular complexity index is 207. The van der Waals surface area contributed by atoms with E-state index in [4.69, 9.17) is 0 Å². The second-order valence-corrected chi connectivity index (χ2v) is 4.76. The number of carbonyl (C=O) groups excluding carboxylic acids is 1. The van der Waals surface area contributed by atoms with Crippen LogP contribution in [-0.4, -0.2) is 35.7 Å². The van der Waals surface area contributed by atoms with Crippen LogP contribution in [0.1, 0.15) is 53.4 Å². The van der Waals surface area contributed by atoms with Gasteiger partial charge in [-0.25, -0.2) is 0 Å².